The third-order valence-corrected chi connectivity index (χ3v) is 4.61. The summed E-state index contributed by atoms with van der Waals surface area (Å²) in [6.07, 6.45) is -1.14. The zero-order chi connectivity index (χ0) is 22.6. The number of amides is 1. The van der Waals surface area contributed by atoms with Crippen molar-refractivity contribution in [2.75, 3.05) is 32.1 Å². The molecule has 0 radical (unpaired) electrons. The SMILES string of the molecule is CC(=O)OC[C@@H]1C[C@H](OC(C)=O)C[C@H](OCCCOC(=O)NCCCS(=O)(=O)O)O1. The predicted molar refractivity (Wildman–Crippen MR) is 101 cm³/mol. The lowest BCUT2D eigenvalue weighted by Gasteiger charge is -2.34. The number of alkyl carbamates (subject to hydrolysis) is 1. The van der Waals surface area contributed by atoms with Crippen molar-refractivity contribution in [3.63, 3.8) is 0 Å². The molecule has 3 atom stereocenters. The summed E-state index contributed by atoms with van der Waals surface area (Å²) in [6.45, 7) is 2.91. The standard InChI is InChI=1S/C17H29NO11S/c1-12(19)27-11-15-9-14(28-13(2)20)10-16(29-15)25-6-4-7-26-17(21)18-5-3-8-30(22,23)24/h14-16H,3-11H2,1-2H3,(H,18,21)(H,22,23,24)/t14-,15-,16+/m0/s1. The number of esters is 2. The molecule has 1 heterocycles. The fraction of sp³-hybridized carbons (Fsp3) is 0.824. The molecule has 12 nitrogen and oxygen atoms in total. The maximum atomic E-state index is 11.4. The van der Waals surface area contributed by atoms with Crippen LogP contribution in [0.5, 0.6) is 0 Å². The number of hydrogen-bond acceptors (Lipinski definition) is 10. The Labute approximate surface area is 175 Å². The smallest absolute Gasteiger partial charge is 0.407 e. The summed E-state index contributed by atoms with van der Waals surface area (Å²) in [5, 5.41) is 2.36. The lowest BCUT2D eigenvalue weighted by atomic mass is 10.1. The van der Waals surface area contributed by atoms with E-state index in [0.717, 1.165) is 0 Å². The van der Waals surface area contributed by atoms with Crippen molar-refractivity contribution in [3.8, 4) is 0 Å². The number of carbonyl (C=O) groups excluding carboxylic acids is 3. The van der Waals surface area contributed by atoms with Crippen molar-refractivity contribution in [2.24, 2.45) is 0 Å². The van der Waals surface area contributed by atoms with E-state index in [-0.39, 0.29) is 32.8 Å². The summed E-state index contributed by atoms with van der Waals surface area (Å²) in [5.74, 6) is -1.32. The van der Waals surface area contributed by atoms with Crippen LogP contribution in [0.1, 0.15) is 39.5 Å². The van der Waals surface area contributed by atoms with Crippen LogP contribution in [0.4, 0.5) is 4.79 Å². The van der Waals surface area contributed by atoms with Crippen molar-refractivity contribution in [2.45, 2.75) is 58.0 Å². The molecule has 0 aromatic carbocycles. The normalized spacial score (nSPS) is 21.5. The van der Waals surface area contributed by atoms with Crippen molar-refractivity contribution in [1.29, 1.82) is 0 Å². The molecule has 0 saturated carbocycles. The highest BCUT2D eigenvalue weighted by atomic mass is 32.2. The minimum Gasteiger partial charge on any atom is -0.463 e. The van der Waals surface area contributed by atoms with Crippen molar-refractivity contribution in [1.82, 2.24) is 5.32 Å². The molecule has 1 aliphatic heterocycles. The quantitative estimate of drug-likeness (QED) is 0.181. The van der Waals surface area contributed by atoms with Gasteiger partial charge >= 0.3 is 18.0 Å². The van der Waals surface area contributed by atoms with E-state index in [0.29, 0.717) is 19.3 Å². The molecule has 0 unspecified atom stereocenters. The van der Waals surface area contributed by atoms with Crippen LogP contribution in [0, 0.1) is 0 Å². The lowest BCUT2D eigenvalue weighted by Crippen LogP contribution is -2.41. The second kappa shape index (κ2) is 13.4. The average molecular weight is 455 g/mol. The minimum absolute atomic E-state index is 0.0216. The Hall–Kier alpha value is -1.96. The Morgan fingerprint density at radius 2 is 1.80 bits per heavy atom. The third kappa shape index (κ3) is 13.3. The largest absolute Gasteiger partial charge is 0.463 e. The topological polar surface area (TPSA) is 164 Å². The molecule has 174 valence electrons. The third-order valence-electron chi connectivity index (χ3n) is 3.80. The van der Waals surface area contributed by atoms with Gasteiger partial charge in [0, 0.05) is 39.7 Å². The Kier molecular flexibility index (Phi) is 11.6. The molecule has 1 amide bonds. The first-order valence-corrected chi connectivity index (χ1v) is 11.1. The average Bonchev–Trinajstić information content (AvgIpc) is 2.62. The zero-order valence-corrected chi connectivity index (χ0v) is 17.9. The summed E-state index contributed by atoms with van der Waals surface area (Å²) in [5.41, 5.74) is 0. The molecular weight excluding hydrogens is 426 g/mol. The molecular formula is C17H29NO11S. The first kappa shape index (κ1) is 26.1. The second-order valence-corrected chi connectivity index (χ2v) is 8.19. The number of nitrogens with one attached hydrogen (secondary N) is 1. The van der Waals surface area contributed by atoms with Gasteiger partial charge in [0.25, 0.3) is 10.1 Å². The van der Waals surface area contributed by atoms with E-state index in [2.05, 4.69) is 5.32 Å². The number of hydrogen-bond donors (Lipinski definition) is 2. The number of ether oxygens (including phenoxy) is 5. The second-order valence-electron chi connectivity index (χ2n) is 6.62. The molecule has 30 heavy (non-hydrogen) atoms. The van der Waals surface area contributed by atoms with Gasteiger partial charge in [0.2, 0.25) is 0 Å². The van der Waals surface area contributed by atoms with E-state index in [1.807, 2.05) is 0 Å². The Bertz CT molecular complexity index is 667. The van der Waals surface area contributed by atoms with E-state index in [1.54, 1.807) is 0 Å². The molecule has 13 heteroatoms. The molecule has 0 aromatic rings. The Morgan fingerprint density at radius 3 is 2.43 bits per heavy atom. The van der Waals surface area contributed by atoms with Crippen LogP contribution in [0.2, 0.25) is 0 Å². The van der Waals surface area contributed by atoms with Gasteiger partial charge in [-0.1, -0.05) is 0 Å². The van der Waals surface area contributed by atoms with Crippen molar-refractivity contribution in [3.05, 3.63) is 0 Å². The van der Waals surface area contributed by atoms with Crippen LogP contribution < -0.4 is 5.32 Å². The van der Waals surface area contributed by atoms with Gasteiger partial charge in [-0.25, -0.2) is 4.79 Å². The van der Waals surface area contributed by atoms with E-state index in [4.69, 9.17) is 28.2 Å². The van der Waals surface area contributed by atoms with Gasteiger partial charge < -0.3 is 29.0 Å². The zero-order valence-electron chi connectivity index (χ0n) is 17.0. The van der Waals surface area contributed by atoms with Gasteiger partial charge in [-0.15, -0.1) is 0 Å². The van der Waals surface area contributed by atoms with Gasteiger partial charge in [0.15, 0.2) is 6.29 Å². The molecule has 1 aliphatic rings. The fourth-order valence-corrected chi connectivity index (χ4v) is 3.13. The van der Waals surface area contributed by atoms with Crippen LogP contribution in [-0.4, -0.2) is 81.6 Å². The van der Waals surface area contributed by atoms with E-state index < -0.39 is 52.4 Å². The monoisotopic (exact) mass is 455 g/mol. The Morgan fingerprint density at radius 1 is 1.07 bits per heavy atom. The predicted octanol–water partition coefficient (Wildman–Crippen LogP) is 0.397. The molecule has 1 saturated heterocycles. The maximum Gasteiger partial charge on any atom is 0.407 e. The minimum atomic E-state index is -4.05. The van der Waals surface area contributed by atoms with Gasteiger partial charge in [-0.2, -0.15) is 8.42 Å². The number of carbonyl (C=O) groups is 3. The lowest BCUT2D eigenvalue weighted by molar-refractivity contribution is -0.229. The Balaban J connectivity index is 2.25. The fourth-order valence-electron chi connectivity index (χ4n) is 2.62. The molecule has 0 spiro atoms. The van der Waals surface area contributed by atoms with E-state index in [1.165, 1.54) is 13.8 Å². The van der Waals surface area contributed by atoms with Gasteiger partial charge in [-0.3, -0.25) is 14.1 Å². The number of rotatable bonds is 12. The van der Waals surface area contributed by atoms with Crippen LogP contribution in [0.25, 0.3) is 0 Å². The first-order chi connectivity index (χ1) is 14.0. The molecule has 1 fully saturated rings. The van der Waals surface area contributed by atoms with E-state index >= 15 is 0 Å². The summed E-state index contributed by atoms with van der Waals surface area (Å²) in [6, 6.07) is 0. The van der Waals surface area contributed by atoms with Gasteiger partial charge in [-0.05, 0) is 6.42 Å². The van der Waals surface area contributed by atoms with Crippen molar-refractivity contribution < 1.29 is 51.0 Å². The summed E-state index contributed by atoms with van der Waals surface area (Å²) in [7, 11) is -4.05. The highest BCUT2D eigenvalue weighted by Crippen LogP contribution is 2.23. The van der Waals surface area contributed by atoms with Crippen LogP contribution in [0.15, 0.2) is 0 Å². The molecule has 0 bridgehead atoms. The molecule has 1 rings (SSSR count). The summed E-state index contributed by atoms with van der Waals surface area (Å²) in [4.78, 5) is 33.6. The summed E-state index contributed by atoms with van der Waals surface area (Å²) < 4.78 is 56.0. The molecule has 2 N–H and O–H groups in total. The summed E-state index contributed by atoms with van der Waals surface area (Å²) >= 11 is 0. The molecule has 0 aliphatic carbocycles. The van der Waals surface area contributed by atoms with Crippen LogP contribution in [0.3, 0.4) is 0 Å². The highest BCUT2D eigenvalue weighted by molar-refractivity contribution is 7.85. The van der Waals surface area contributed by atoms with Gasteiger partial charge in [0.05, 0.1) is 25.1 Å². The van der Waals surface area contributed by atoms with E-state index in [9.17, 15) is 22.8 Å². The molecule has 0 aromatic heterocycles. The van der Waals surface area contributed by atoms with Crippen LogP contribution in [-0.2, 0) is 43.4 Å². The first-order valence-electron chi connectivity index (χ1n) is 9.48. The highest BCUT2D eigenvalue weighted by Gasteiger charge is 2.32. The maximum absolute atomic E-state index is 11.4. The van der Waals surface area contributed by atoms with Crippen molar-refractivity contribution >= 4 is 28.1 Å². The van der Waals surface area contributed by atoms with Gasteiger partial charge in [0.1, 0.15) is 12.7 Å². The van der Waals surface area contributed by atoms with Crippen LogP contribution >= 0.6 is 0 Å².